The van der Waals surface area contributed by atoms with E-state index < -0.39 is 0 Å². The molecule has 1 atom stereocenters. The standard InChI is InChI=1S/C16H19NS/c17-16(6-5-12-7-8-18-11-12)15-9-13-3-1-2-4-14(13)10-15/h1-4,7-8,11,15-16H,5-6,9-10,17H2. The number of rotatable bonds is 4. The Hall–Kier alpha value is -1.12. The number of fused-ring (bicyclic) bond motifs is 1. The topological polar surface area (TPSA) is 26.0 Å². The van der Waals surface area contributed by atoms with Gasteiger partial charge in [-0.3, -0.25) is 0 Å². The van der Waals surface area contributed by atoms with Crippen LogP contribution in [0.1, 0.15) is 23.1 Å². The maximum absolute atomic E-state index is 6.38. The van der Waals surface area contributed by atoms with Crippen molar-refractivity contribution in [2.24, 2.45) is 11.7 Å². The monoisotopic (exact) mass is 257 g/mol. The smallest absolute Gasteiger partial charge is 0.00766 e. The minimum absolute atomic E-state index is 0.331. The molecule has 1 aliphatic rings. The molecule has 1 aliphatic carbocycles. The fraction of sp³-hybridized carbons (Fsp3) is 0.375. The molecule has 0 radical (unpaired) electrons. The Morgan fingerprint density at radius 2 is 1.89 bits per heavy atom. The number of thiophene rings is 1. The molecule has 0 amide bonds. The highest BCUT2D eigenvalue weighted by Gasteiger charge is 2.25. The molecule has 1 unspecified atom stereocenters. The maximum atomic E-state index is 6.38. The summed E-state index contributed by atoms with van der Waals surface area (Å²) in [4.78, 5) is 0. The van der Waals surface area contributed by atoms with Crippen molar-refractivity contribution in [3.05, 3.63) is 57.8 Å². The van der Waals surface area contributed by atoms with Gasteiger partial charge in [0, 0.05) is 6.04 Å². The van der Waals surface area contributed by atoms with Gasteiger partial charge in [-0.15, -0.1) is 0 Å². The Kier molecular flexibility index (Phi) is 3.48. The summed E-state index contributed by atoms with van der Waals surface area (Å²) in [6.07, 6.45) is 4.56. The summed E-state index contributed by atoms with van der Waals surface area (Å²) < 4.78 is 0. The molecule has 18 heavy (non-hydrogen) atoms. The largest absolute Gasteiger partial charge is 0.327 e. The van der Waals surface area contributed by atoms with Crippen LogP contribution in [-0.4, -0.2) is 6.04 Å². The van der Waals surface area contributed by atoms with Gasteiger partial charge in [0.25, 0.3) is 0 Å². The third-order valence-electron chi connectivity index (χ3n) is 4.03. The zero-order chi connectivity index (χ0) is 12.4. The predicted molar refractivity (Wildman–Crippen MR) is 78.0 cm³/mol. The summed E-state index contributed by atoms with van der Waals surface area (Å²) in [6.45, 7) is 0. The highest BCUT2D eigenvalue weighted by Crippen LogP contribution is 2.29. The lowest BCUT2D eigenvalue weighted by molar-refractivity contribution is 0.417. The quantitative estimate of drug-likeness (QED) is 0.892. The second-order valence-electron chi connectivity index (χ2n) is 5.27. The van der Waals surface area contributed by atoms with Crippen molar-refractivity contribution in [1.82, 2.24) is 0 Å². The summed E-state index contributed by atoms with van der Waals surface area (Å²) >= 11 is 1.77. The minimum Gasteiger partial charge on any atom is -0.327 e. The van der Waals surface area contributed by atoms with E-state index in [9.17, 15) is 0 Å². The van der Waals surface area contributed by atoms with Gasteiger partial charge < -0.3 is 5.73 Å². The van der Waals surface area contributed by atoms with Gasteiger partial charge in [0.1, 0.15) is 0 Å². The van der Waals surface area contributed by atoms with Crippen LogP contribution in [0.25, 0.3) is 0 Å². The summed E-state index contributed by atoms with van der Waals surface area (Å²) in [5.41, 5.74) is 10.8. The first-order valence-electron chi connectivity index (χ1n) is 6.66. The van der Waals surface area contributed by atoms with Crippen LogP contribution in [0.3, 0.4) is 0 Å². The van der Waals surface area contributed by atoms with E-state index in [2.05, 4.69) is 41.1 Å². The van der Waals surface area contributed by atoms with E-state index in [1.165, 1.54) is 29.5 Å². The van der Waals surface area contributed by atoms with Gasteiger partial charge in [0.05, 0.1) is 0 Å². The van der Waals surface area contributed by atoms with Crippen molar-refractivity contribution < 1.29 is 0 Å². The normalized spacial score (nSPS) is 16.7. The predicted octanol–water partition coefficient (Wildman–Crippen LogP) is 3.42. The lowest BCUT2D eigenvalue weighted by Crippen LogP contribution is -2.31. The lowest BCUT2D eigenvalue weighted by Gasteiger charge is -2.18. The van der Waals surface area contributed by atoms with E-state index in [-0.39, 0.29) is 0 Å². The van der Waals surface area contributed by atoms with E-state index in [1.54, 1.807) is 11.3 Å². The molecule has 1 nitrogen and oxygen atoms in total. The Labute approximate surface area is 113 Å². The van der Waals surface area contributed by atoms with Crippen LogP contribution in [0.4, 0.5) is 0 Å². The highest BCUT2D eigenvalue weighted by molar-refractivity contribution is 7.07. The fourth-order valence-corrected chi connectivity index (χ4v) is 3.60. The van der Waals surface area contributed by atoms with Gasteiger partial charge in [-0.1, -0.05) is 24.3 Å². The van der Waals surface area contributed by atoms with Crippen LogP contribution in [0.2, 0.25) is 0 Å². The van der Waals surface area contributed by atoms with Gasteiger partial charge in [-0.25, -0.2) is 0 Å². The van der Waals surface area contributed by atoms with Crippen molar-refractivity contribution in [1.29, 1.82) is 0 Å². The summed E-state index contributed by atoms with van der Waals surface area (Å²) in [6, 6.07) is 11.3. The fourth-order valence-electron chi connectivity index (χ4n) is 2.90. The van der Waals surface area contributed by atoms with Crippen molar-refractivity contribution in [2.45, 2.75) is 31.7 Å². The highest BCUT2D eigenvalue weighted by atomic mass is 32.1. The Bertz CT molecular complexity index is 479. The lowest BCUT2D eigenvalue weighted by atomic mass is 9.93. The zero-order valence-electron chi connectivity index (χ0n) is 10.5. The first-order chi connectivity index (χ1) is 8.83. The molecule has 0 spiro atoms. The van der Waals surface area contributed by atoms with Gasteiger partial charge in [0.2, 0.25) is 0 Å². The molecule has 2 aromatic rings. The van der Waals surface area contributed by atoms with Gasteiger partial charge in [-0.05, 0) is 65.1 Å². The van der Waals surface area contributed by atoms with Crippen LogP contribution >= 0.6 is 11.3 Å². The molecule has 2 heteroatoms. The summed E-state index contributed by atoms with van der Waals surface area (Å²) in [5, 5.41) is 4.38. The SMILES string of the molecule is NC(CCc1ccsc1)C1Cc2ccccc2C1. The summed E-state index contributed by atoms with van der Waals surface area (Å²) in [5.74, 6) is 0.640. The van der Waals surface area contributed by atoms with Crippen molar-refractivity contribution >= 4 is 11.3 Å². The molecular formula is C16H19NS. The van der Waals surface area contributed by atoms with Crippen molar-refractivity contribution in [2.75, 3.05) is 0 Å². The zero-order valence-corrected chi connectivity index (χ0v) is 11.3. The Morgan fingerprint density at radius 3 is 2.50 bits per heavy atom. The van der Waals surface area contributed by atoms with Gasteiger partial charge in [-0.2, -0.15) is 11.3 Å². The van der Waals surface area contributed by atoms with Crippen molar-refractivity contribution in [3.8, 4) is 0 Å². The average molecular weight is 257 g/mol. The third-order valence-corrected chi connectivity index (χ3v) is 4.77. The molecule has 1 aromatic heterocycles. The minimum atomic E-state index is 0.331. The molecule has 1 heterocycles. The van der Waals surface area contributed by atoms with Crippen LogP contribution in [0, 0.1) is 5.92 Å². The first kappa shape index (κ1) is 11.9. The van der Waals surface area contributed by atoms with Crippen LogP contribution in [0.5, 0.6) is 0 Å². The van der Waals surface area contributed by atoms with Gasteiger partial charge in [0.15, 0.2) is 0 Å². The maximum Gasteiger partial charge on any atom is 0.00766 e. The van der Waals surface area contributed by atoms with E-state index in [0.29, 0.717) is 12.0 Å². The molecule has 0 saturated heterocycles. The number of aryl methyl sites for hydroxylation is 1. The Morgan fingerprint density at radius 1 is 1.17 bits per heavy atom. The second kappa shape index (κ2) is 5.25. The van der Waals surface area contributed by atoms with Gasteiger partial charge >= 0.3 is 0 Å². The number of nitrogens with two attached hydrogens (primary N) is 1. The second-order valence-corrected chi connectivity index (χ2v) is 6.05. The molecule has 3 rings (SSSR count). The molecule has 94 valence electrons. The molecule has 0 fully saturated rings. The van der Waals surface area contributed by atoms with Crippen LogP contribution < -0.4 is 5.73 Å². The van der Waals surface area contributed by atoms with Crippen LogP contribution in [0.15, 0.2) is 41.1 Å². The van der Waals surface area contributed by atoms with Crippen molar-refractivity contribution in [3.63, 3.8) is 0 Å². The van der Waals surface area contributed by atoms with E-state index >= 15 is 0 Å². The molecule has 2 N–H and O–H groups in total. The van der Waals surface area contributed by atoms with Crippen LogP contribution in [-0.2, 0) is 19.3 Å². The molecule has 1 aromatic carbocycles. The van der Waals surface area contributed by atoms with E-state index in [0.717, 1.165) is 12.8 Å². The molecule has 0 aliphatic heterocycles. The van der Waals surface area contributed by atoms with E-state index in [4.69, 9.17) is 5.73 Å². The molecular weight excluding hydrogens is 238 g/mol. The Balaban J connectivity index is 1.57. The van der Waals surface area contributed by atoms with E-state index in [1.807, 2.05) is 0 Å². The number of hydrogen-bond donors (Lipinski definition) is 1. The molecule has 0 saturated carbocycles. The summed E-state index contributed by atoms with van der Waals surface area (Å²) in [7, 11) is 0. The average Bonchev–Trinajstić information content (AvgIpc) is 3.04. The first-order valence-corrected chi connectivity index (χ1v) is 7.60. The number of benzene rings is 1. The molecule has 0 bridgehead atoms. The third kappa shape index (κ3) is 2.50. The number of hydrogen-bond acceptors (Lipinski definition) is 2.